The SMILES string of the molecule is C=CNCCPC. The van der Waals surface area contributed by atoms with Crippen molar-refractivity contribution in [2.24, 2.45) is 0 Å². The molecule has 0 heterocycles. The van der Waals surface area contributed by atoms with Gasteiger partial charge < -0.3 is 5.32 Å². The molecule has 0 aromatic heterocycles. The fraction of sp³-hybridized carbons (Fsp3) is 0.600. The van der Waals surface area contributed by atoms with Crippen LogP contribution in [0.25, 0.3) is 0 Å². The van der Waals surface area contributed by atoms with Crippen LogP contribution in [0.5, 0.6) is 0 Å². The van der Waals surface area contributed by atoms with Gasteiger partial charge in [-0.1, -0.05) is 6.58 Å². The van der Waals surface area contributed by atoms with Crippen molar-refractivity contribution in [3.8, 4) is 0 Å². The first-order valence-electron chi connectivity index (χ1n) is 2.40. The lowest BCUT2D eigenvalue weighted by atomic mass is 10.7. The lowest BCUT2D eigenvalue weighted by Crippen LogP contribution is -2.06. The molecule has 0 aliphatic rings. The van der Waals surface area contributed by atoms with Crippen molar-refractivity contribution in [1.82, 2.24) is 5.32 Å². The molecule has 0 bridgehead atoms. The highest BCUT2D eigenvalue weighted by molar-refractivity contribution is 7.37. The molecule has 7 heavy (non-hydrogen) atoms. The molecule has 2 heteroatoms. The summed E-state index contributed by atoms with van der Waals surface area (Å²) < 4.78 is 0. The van der Waals surface area contributed by atoms with Crippen molar-refractivity contribution >= 4 is 8.58 Å². The monoisotopic (exact) mass is 117 g/mol. The summed E-state index contributed by atoms with van der Waals surface area (Å²) in [4.78, 5) is 0. The van der Waals surface area contributed by atoms with Gasteiger partial charge in [-0.05, 0) is 19.0 Å². The summed E-state index contributed by atoms with van der Waals surface area (Å²) in [5.74, 6) is 0. The van der Waals surface area contributed by atoms with Crippen molar-refractivity contribution in [1.29, 1.82) is 0 Å². The summed E-state index contributed by atoms with van der Waals surface area (Å²) in [5.41, 5.74) is 0. The molecule has 0 aliphatic heterocycles. The van der Waals surface area contributed by atoms with Gasteiger partial charge in [0, 0.05) is 6.54 Å². The van der Waals surface area contributed by atoms with Gasteiger partial charge in [0.05, 0.1) is 0 Å². The highest BCUT2D eigenvalue weighted by atomic mass is 31.1. The van der Waals surface area contributed by atoms with Crippen molar-refractivity contribution in [2.45, 2.75) is 0 Å². The maximum Gasteiger partial charge on any atom is 0.0178 e. The van der Waals surface area contributed by atoms with E-state index in [1.165, 1.54) is 6.16 Å². The van der Waals surface area contributed by atoms with Crippen molar-refractivity contribution in [3.63, 3.8) is 0 Å². The van der Waals surface area contributed by atoms with Crippen LogP contribution in [0.4, 0.5) is 0 Å². The number of hydrogen-bond donors (Lipinski definition) is 1. The molecule has 0 rings (SSSR count). The third kappa shape index (κ3) is 5.97. The van der Waals surface area contributed by atoms with Crippen LogP contribution in [0.3, 0.4) is 0 Å². The fourth-order valence-electron chi connectivity index (χ4n) is 0.299. The predicted molar refractivity (Wildman–Crippen MR) is 37.3 cm³/mol. The standard InChI is InChI=1S/C5H12NP/c1-3-6-4-5-7-2/h3,6-7H,1,4-5H2,2H3. The number of hydrogen-bond acceptors (Lipinski definition) is 1. The quantitative estimate of drug-likeness (QED) is 0.428. The zero-order valence-electron chi connectivity index (χ0n) is 4.70. The molecule has 0 spiro atoms. The van der Waals surface area contributed by atoms with Crippen LogP contribution in [0.1, 0.15) is 0 Å². The van der Waals surface area contributed by atoms with E-state index in [0.29, 0.717) is 0 Å². The molecular weight excluding hydrogens is 105 g/mol. The first-order valence-corrected chi connectivity index (χ1v) is 4.11. The summed E-state index contributed by atoms with van der Waals surface area (Å²) >= 11 is 0. The van der Waals surface area contributed by atoms with E-state index in [-0.39, 0.29) is 0 Å². The minimum atomic E-state index is 1.06. The average Bonchev–Trinajstić information content (AvgIpc) is 1.69. The van der Waals surface area contributed by atoms with Gasteiger partial charge in [-0.2, -0.15) is 0 Å². The Morgan fingerprint density at radius 3 is 3.00 bits per heavy atom. The Morgan fingerprint density at radius 2 is 2.57 bits per heavy atom. The molecule has 1 nitrogen and oxygen atoms in total. The zero-order chi connectivity index (χ0) is 5.54. The molecule has 0 fully saturated rings. The summed E-state index contributed by atoms with van der Waals surface area (Å²) in [5, 5.41) is 3.02. The van der Waals surface area contributed by atoms with Crippen LogP contribution in [-0.4, -0.2) is 19.4 Å². The smallest absolute Gasteiger partial charge is 0.0178 e. The van der Waals surface area contributed by atoms with Gasteiger partial charge in [0.2, 0.25) is 0 Å². The second-order valence-electron chi connectivity index (χ2n) is 1.26. The van der Waals surface area contributed by atoms with Crippen LogP contribution < -0.4 is 5.32 Å². The normalized spacial score (nSPS) is 9.86. The zero-order valence-corrected chi connectivity index (χ0v) is 5.70. The van der Waals surface area contributed by atoms with Crippen LogP contribution in [-0.2, 0) is 0 Å². The molecule has 1 atom stereocenters. The van der Waals surface area contributed by atoms with Crippen LogP contribution >= 0.6 is 8.58 Å². The van der Waals surface area contributed by atoms with E-state index in [1.54, 1.807) is 6.20 Å². The second kappa shape index (κ2) is 5.97. The average molecular weight is 117 g/mol. The van der Waals surface area contributed by atoms with Crippen molar-refractivity contribution in [2.75, 3.05) is 19.4 Å². The van der Waals surface area contributed by atoms with E-state index in [0.717, 1.165) is 15.1 Å². The van der Waals surface area contributed by atoms with Gasteiger partial charge >= 0.3 is 0 Å². The minimum Gasteiger partial charge on any atom is -0.391 e. The molecule has 0 saturated heterocycles. The molecule has 0 aromatic carbocycles. The summed E-state index contributed by atoms with van der Waals surface area (Å²) in [6.07, 6.45) is 3.01. The fourth-order valence-corrected chi connectivity index (χ4v) is 0.694. The highest BCUT2D eigenvalue weighted by Crippen LogP contribution is 1.96. The Labute approximate surface area is 47.0 Å². The third-order valence-electron chi connectivity index (χ3n) is 0.664. The van der Waals surface area contributed by atoms with Crippen LogP contribution in [0, 0.1) is 0 Å². The second-order valence-corrected chi connectivity index (χ2v) is 2.47. The molecule has 0 saturated carbocycles. The molecular formula is C5H12NP. The number of nitrogens with one attached hydrogen (secondary N) is 1. The topological polar surface area (TPSA) is 12.0 Å². The Kier molecular flexibility index (Phi) is 5.94. The maximum atomic E-state index is 3.52. The Morgan fingerprint density at radius 1 is 1.86 bits per heavy atom. The van der Waals surface area contributed by atoms with Crippen molar-refractivity contribution in [3.05, 3.63) is 12.8 Å². The Balaban J connectivity index is 2.56. The Bertz CT molecular complexity index is 45.3. The molecule has 42 valence electrons. The number of rotatable bonds is 4. The largest absolute Gasteiger partial charge is 0.391 e. The van der Waals surface area contributed by atoms with Crippen molar-refractivity contribution < 1.29 is 0 Å². The predicted octanol–water partition coefficient (Wildman–Crippen LogP) is 1.03. The van der Waals surface area contributed by atoms with Crippen LogP contribution in [0.15, 0.2) is 12.8 Å². The van der Waals surface area contributed by atoms with E-state index in [4.69, 9.17) is 0 Å². The Hall–Kier alpha value is -0.0300. The summed E-state index contributed by atoms with van der Waals surface area (Å²) in [6, 6.07) is 0. The van der Waals surface area contributed by atoms with Gasteiger partial charge in [0.25, 0.3) is 0 Å². The first-order chi connectivity index (χ1) is 3.41. The highest BCUT2D eigenvalue weighted by Gasteiger charge is 1.74. The molecule has 0 radical (unpaired) electrons. The third-order valence-corrected chi connectivity index (χ3v) is 1.41. The lowest BCUT2D eigenvalue weighted by Gasteiger charge is -1.93. The maximum absolute atomic E-state index is 3.52. The van der Waals surface area contributed by atoms with E-state index in [1.807, 2.05) is 0 Å². The van der Waals surface area contributed by atoms with Gasteiger partial charge in [-0.15, -0.1) is 8.58 Å². The minimum absolute atomic E-state index is 1.06. The van der Waals surface area contributed by atoms with Gasteiger partial charge in [0.15, 0.2) is 0 Å². The van der Waals surface area contributed by atoms with Gasteiger partial charge in [-0.3, -0.25) is 0 Å². The first kappa shape index (κ1) is 6.97. The summed E-state index contributed by atoms with van der Waals surface area (Å²) in [7, 11) is 1.06. The van der Waals surface area contributed by atoms with E-state index < -0.39 is 0 Å². The van der Waals surface area contributed by atoms with E-state index in [9.17, 15) is 0 Å². The molecule has 0 amide bonds. The molecule has 0 aromatic rings. The molecule has 0 aliphatic carbocycles. The molecule has 1 unspecified atom stereocenters. The van der Waals surface area contributed by atoms with Crippen LogP contribution in [0.2, 0.25) is 0 Å². The van der Waals surface area contributed by atoms with Gasteiger partial charge in [0.1, 0.15) is 0 Å². The lowest BCUT2D eigenvalue weighted by molar-refractivity contribution is 0.931. The van der Waals surface area contributed by atoms with Gasteiger partial charge in [-0.25, -0.2) is 0 Å². The van der Waals surface area contributed by atoms with E-state index in [2.05, 4.69) is 18.6 Å². The molecule has 1 N–H and O–H groups in total. The summed E-state index contributed by atoms with van der Waals surface area (Å²) in [6.45, 7) is 6.81. The van der Waals surface area contributed by atoms with E-state index >= 15 is 0 Å².